The van der Waals surface area contributed by atoms with Gasteiger partial charge in [-0.05, 0) is 49.2 Å². The zero-order chi connectivity index (χ0) is 26.4. The van der Waals surface area contributed by atoms with E-state index in [2.05, 4.69) is 41.9 Å². The number of amides is 1. The van der Waals surface area contributed by atoms with Crippen molar-refractivity contribution in [2.24, 2.45) is 0 Å². The van der Waals surface area contributed by atoms with Crippen molar-refractivity contribution >= 4 is 17.4 Å². The van der Waals surface area contributed by atoms with E-state index >= 15 is 0 Å². The van der Waals surface area contributed by atoms with E-state index < -0.39 is 17.6 Å². The van der Waals surface area contributed by atoms with Gasteiger partial charge in [0, 0.05) is 48.7 Å². The van der Waals surface area contributed by atoms with Gasteiger partial charge in [0.1, 0.15) is 11.5 Å². The fourth-order valence-corrected chi connectivity index (χ4v) is 4.98. The largest absolute Gasteiger partial charge is 0.416 e. The minimum atomic E-state index is -4.54. The first-order valence-corrected chi connectivity index (χ1v) is 12.1. The molecule has 2 aliphatic rings. The lowest BCUT2D eigenvalue weighted by Gasteiger charge is -2.29. The fraction of sp³-hybridized carbons (Fsp3) is 0.269. The molecular weight excluding hydrogens is 497 g/mol. The van der Waals surface area contributed by atoms with Gasteiger partial charge in [0.15, 0.2) is 0 Å². The Morgan fingerprint density at radius 1 is 1.16 bits per heavy atom. The van der Waals surface area contributed by atoms with E-state index in [0.717, 1.165) is 54.7 Å². The van der Waals surface area contributed by atoms with Gasteiger partial charge in [-0.15, -0.1) is 5.10 Å². The zero-order valence-electron chi connectivity index (χ0n) is 20.3. The molecule has 0 spiro atoms. The summed E-state index contributed by atoms with van der Waals surface area (Å²) in [4.78, 5) is 23.4. The normalized spacial score (nSPS) is 18.7. The summed E-state index contributed by atoms with van der Waals surface area (Å²) >= 11 is 0. The smallest absolute Gasteiger partial charge is 0.364 e. The lowest BCUT2D eigenvalue weighted by atomic mass is 10.1. The van der Waals surface area contributed by atoms with Gasteiger partial charge in [-0.1, -0.05) is 11.3 Å². The van der Waals surface area contributed by atoms with Gasteiger partial charge in [0.25, 0.3) is 5.91 Å². The number of fused-ring (bicyclic) bond motifs is 2. The molecule has 2 N–H and O–H groups in total. The number of nitrogens with one attached hydrogen (secondary N) is 2. The molecule has 38 heavy (non-hydrogen) atoms. The molecule has 2 bridgehead atoms. The lowest BCUT2D eigenvalue weighted by Crippen LogP contribution is -2.43. The molecule has 3 aromatic heterocycles. The summed E-state index contributed by atoms with van der Waals surface area (Å²) < 4.78 is 40.6. The number of nitrogens with zero attached hydrogens (tertiary/aromatic N) is 6. The number of carbonyl (C=O) groups excluding carboxylic acids is 1. The highest BCUT2D eigenvalue weighted by molar-refractivity contribution is 6.04. The van der Waals surface area contributed by atoms with Gasteiger partial charge in [-0.2, -0.15) is 13.2 Å². The Kier molecular flexibility index (Phi) is 5.83. The van der Waals surface area contributed by atoms with Gasteiger partial charge < -0.3 is 15.5 Å². The third-order valence-corrected chi connectivity index (χ3v) is 6.95. The van der Waals surface area contributed by atoms with Gasteiger partial charge in [-0.25, -0.2) is 9.67 Å². The van der Waals surface area contributed by atoms with Crippen molar-refractivity contribution in [1.29, 1.82) is 0 Å². The number of benzene rings is 1. The van der Waals surface area contributed by atoms with Crippen molar-refractivity contribution in [3.63, 3.8) is 0 Å². The first-order valence-electron chi connectivity index (χ1n) is 12.1. The molecule has 1 aromatic carbocycles. The van der Waals surface area contributed by atoms with Crippen LogP contribution in [0.25, 0.3) is 16.9 Å². The van der Waals surface area contributed by atoms with E-state index in [4.69, 9.17) is 0 Å². The van der Waals surface area contributed by atoms with Gasteiger partial charge >= 0.3 is 6.18 Å². The highest BCUT2D eigenvalue weighted by atomic mass is 19.4. The lowest BCUT2D eigenvalue weighted by molar-refractivity contribution is -0.137. The molecule has 5 heterocycles. The summed E-state index contributed by atoms with van der Waals surface area (Å²) in [5, 5.41) is 14.5. The molecule has 0 saturated carbocycles. The first kappa shape index (κ1) is 24.0. The number of hydrogen-bond donors (Lipinski definition) is 2. The predicted octanol–water partition coefficient (Wildman–Crippen LogP) is 3.85. The molecule has 2 aliphatic heterocycles. The van der Waals surface area contributed by atoms with Crippen molar-refractivity contribution in [2.75, 3.05) is 23.3 Å². The average molecular weight is 521 g/mol. The highest BCUT2D eigenvalue weighted by Gasteiger charge is 2.37. The minimum absolute atomic E-state index is 0.190. The number of hydrogen-bond acceptors (Lipinski definition) is 7. The van der Waals surface area contributed by atoms with Crippen LogP contribution < -0.4 is 15.5 Å². The Hall–Kier alpha value is -4.32. The van der Waals surface area contributed by atoms with Crippen molar-refractivity contribution in [3.05, 3.63) is 77.9 Å². The molecule has 0 aliphatic carbocycles. The van der Waals surface area contributed by atoms with E-state index in [9.17, 15) is 18.0 Å². The molecule has 6 rings (SSSR count). The number of pyridine rings is 2. The van der Waals surface area contributed by atoms with E-state index in [-0.39, 0.29) is 11.4 Å². The van der Waals surface area contributed by atoms with Crippen LogP contribution in [0.1, 0.15) is 27.9 Å². The second kappa shape index (κ2) is 9.21. The molecule has 0 radical (unpaired) electrons. The summed E-state index contributed by atoms with van der Waals surface area (Å²) in [6, 6.07) is 9.62. The number of alkyl halides is 3. The van der Waals surface area contributed by atoms with E-state index in [0.29, 0.717) is 23.5 Å². The predicted molar refractivity (Wildman–Crippen MR) is 134 cm³/mol. The Balaban J connectivity index is 1.23. The second-order valence-corrected chi connectivity index (χ2v) is 9.51. The van der Waals surface area contributed by atoms with Gasteiger partial charge in [-0.3, -0.25) is 9.78 Å². The van der Waals surface area contributed by atoms with Crippen molar-refractivity contribution < 1.29 is 18.0 Å². The number of aryl methyl sites for hydroxylation is 1. The topological polar surface area (TPSA) is 101 Å². The van der Waals surface area contributed by atoms with Crippen molar-refractivity contribution in [1.82, 2.24) is 30.3 Å². The molecule has 0 unspecified atom stereocenters. The number of aromatic nitrogens is 5. The van der Waals surface area contributed by atoms with Crippen molar-refractivity contribution in [3.8, 4) is 16.9 Å². The molecule has 2 saturated heterocycles. The Labute approximate surface area is 215 Å². The van der Waals surface area contributed by atoms with Crippen LogP contribution in [0, 0.1) is 6.92 Å². The van der Waals surface area contributed by atoms with E-state index in [1.165, 1.54) is 0 Å². The summed E-state index contributed by atoms with van der Waals surface area (Å²) in [6.45, 7) is 3.79. The van der Waals surface area contributed by atoms with Gasteiger partial charge in [0.2, 0.25) is 0 Å². The number of halogens is 3. The third-order valence-electron chi connectivity index (χ3n) is 6.95. The molecule has 2 atom stereocenters. The Bertz CT molecular complexity index is 1520. The maximum atomic E-state index is 13.0. The van der Waals surface area contributed by atoms with Crippen LogP contribution in [0.3, 0.4) is 0 Å². The quantitative estimate of drug-likeness (QED) is 0.412. The summed E-state index contributed by atoms with van der Waals surface area (Å²) in [6.07, 6.45) is 2.96. The van der Waals surface area contributed by atoms with Crippen LogP contribution in [-0.2, 0) is 6.18 Å². The number of piperazine rings is 1. The van der Waals surface area contributed by atoms with Gasteiger partial charge in [0.05, 0.1) is 29.3 Å². The SMILES string of the molecule is Cc1ccc(C(=O)Nc2cc(C(F)(F)F)ccn2)cc1-n1cc(-c2cncc(N3C[C@@H]4C[C@H]3CN4)c2)nn1. The first-order chi connectivity index (χ1) is 18.2. The van der Waals surface area contributed by atoms with Crippen LogP contribution in [0.4, 0.5) is 24.7 Å². The Morgan fingerprint density at radius 2 is 2.03 bits per heavy atom. The van der Waals surface area contributed by atoms with Crippen LogP contribution in [0.15, 0.2) is 61.2 Å². The van der Waals surface area contributed by atoms with Crippen LogP contribution >= 0.6 is 0 Å². The molecule has 194 valence electrons. The molecule has 2 fully saturated rings. The van der Waals surface area contributed by atoms with Crippen LogP contribution in [0.5, 0.6) is 0 Å². The minimum Gasteiger partial charge on any atom is -0.364 e. The number of carbonyl (C=O) groups is 1. The molecule has 12 heteroatoms. The summed E-state index contributed by atoms with van der Waals surface area (Å²) in [5.74, 6) is -0.783. The van der Waals surface area contributed by atoms with E-state index in [1.807, 2.05) is 13.1 Å². The summed E-state index contributed by atoms with van der Waals surface area (Å²) in [7, 11) is 0. The highest BCUT2D eigenvalue weighted by Crippen LogP contribution is 2.32. The second-order valence-electron chi connectivity index (χ2n) is 9.51. The van der Waals surface area contributed by atoms with E-state index in [1.54, 1.807) is 35.3 Å². The fourth-order valence-electron chi connectivity index (χ4n) is 4.98. The zero-order valence-corrected chi connectivity index (χ0v) is 20.3. The number of rotatable bonds is 5. The van der Waals surface area contributed by atoms with Crippen LogP contribution in [0.2, 0.25) is 0 Å². The molecule has 1 amide bonds. The average Bonchev–Trinajstić information content (AvgIpc) is 3.67. The van der Waals surface area contributed by atoms with Crippen LogP contribution in [-0.4, -0.2) is 56.0 Å². The maximum Gasteiger partial charge on any atom is 0.416 e. The summed E-state index contributed by atoms with van der Waals surface area (Å²) in [5.41, 5.74) is 3.29. The molecule has 4 aromatic rings. The standard InChI is InChI=1S/C26H23F3N8O/c1-15-2-3-16(25(38)33-24-8-18(4-5-31-24)26(27,28)29)7-23(15)37-14-22(34-35-37)17-6-20(11-30-10-17)36-13-19-9-21(36)12-32-19/h2-8,10-11,14,19,21,32H,9,12-13H2,1H3,(H,31,33,38)/t19-,21-/m0/s1. The monoisotopic (exact) mass is 520 g/mol. The third kappa shape index (κ3) is 4.58. The molecular formula is C26H23F3N8O. The molecule has 9 nitrogen and oxygen atoms in total. The maximum absolute atomic E-state index is 13.0. The number of anilines is 2. The Morgan fingerprint density at radius 3 is 2.79 bits per heavy atom. The van der Waals surface area contributed by atoms with Crippen molar-refractivity contribution in [2.45, 2.75) is 31.6 Å².